The van der Waals surface area contributed by atoms with Gasteiger partial charge in [-0.3, -0.25) is 14.5 Å². The van der Waals surface area contributed by atoms with E-state index in [1.54, 1.807) is 18.2 Å². The average Bonchev–Trinajstić information content (AvgIpc) is 3.13. The number of benzene rings is 1. The zero-order chi connectivity index (χ0) is 20.1. The lowest BCUT2D eigenvalue weighted by atomic mass is 10.1. The Labute approximate surface area is 157 Å². The van der Waals surface area contributed by atoms with Crippen molar-refractivity contribution in [3.05, 3.63) is 65.7 Å². The van der Waals surface area contributed by atoms with Crippen molar-refractivity contribution in [1.82, 2.24) is 14.8 Å². The first-order valence-corrected chi connectivity index (χ1v) is 8.28. The summed E-state index contributed by atoms with van der Waals surface area (Å²) in [6, 6.07) is 8.89. The Morgan fingerprint density at radius 1 is 1.11 bits per heavy atom. The first kappa shape index (κ1) is 19.5. The number of alkyl halides is 3. The van der Waals surface area contributed by atoms with E-state index in [9.17, 15) is 22.4 Å². The van der Waals surface area contributed by atoms with Crippen LogP contribution in [0.1, 0.15) is 22.3 Å². The van der Waals surface area contributed by atoms with Gasteiger partial charge >= 0.3 is 6.18 Å². The predicted molar refractivity (Wildman–Crippen MR) is 92.2 cm³/mol. The van der Waals surface area contributed by atoms with E-state index in [4.69, 9.17) is 4.74 Å². The van der Waals surface area contributed by atoms with Crippen molar-refractivity contribution in [3.8, 4) is 17.1 Å². The van der Waals surface area contributed by atoms with E-state index in [2.05, 4.69) is 10.1 Å². The molecule has 0 aliphatic heterocycles. The lowest BCUT2D eigenvalue weighted by Crippen LogP contribution is -2.14. The normalized spacial score (nSPS) is 11.4. The second-order valence-electron chi connectivity index (χ2n) is 5.87. The molecule has 0 fully saturated rings. The third kappa shape index (κ3) is 4.54. The first-order valence-electron chi connectivity index (χ1n) is 8.28. The molecule has 0 saturated carbocycles. The molecule has 28 heavy (non-hydrogen) atoms. The molecular formula is C19H15F4N3O2. The molecule has 2 heterocycles. The second kappa shape index (κ2) is 8.20. The number of nitrogens with zero attached hydrogens (tertiary/aromatic N) is 3. The van der Waals surface area contributed by atoms with Gasteiger partial charge in [-0.15, -0.1) is 0 Å². The lowest BCUT2D eigenvalue weighted by molar-refractivity contribution is -0.137. The summed E-state index contributed by atoms with van der Waals surface area (Å²) in [5.74, 6) is -0.639. The molecule has 0 N–H and O–H groups in total. The molecule has 146 valence electrons. The number of hydrogen-bond acceptors (Lipinski definition) is 4. The molecule has 0 aliphatic carbocycles. The fraction of sp³-hybridized carbons (Fsp3) is 0.211. The third-order valence-electron chi connectivity index (χ3n) is 3.97. The molecule has 0 unspecified atom stereocenters. The Morgan fingerprint density at radius 3 is 2.68 bits per heavy atom. The number of pyridine rings is 1. The van der Waals surface area contributed by atoms with Crippen molar-refractivity contribution >= 4 is 6.29 Å². The molecule has 3 rings (SSSR count). The summed E-state index contributed by atoms with van der Waals surface area (Å²) in [7, 11) is 0. The molecule has 0 bridgehead atoms. The second-order valence-corrected chi connectivity index (χ2v) is 5.87. The number of carbonyl (C=O) groups excluding carboxylic acids is 1. The van der Waals surface area contributed by atoms with Crippen LogP contribution in [-0.4, -0.2) is 27.2 Å². The van der Waals surface area contributed by atoms with Crippen LogP contribution in [0.4, 0.5) is 17.6 Å². The summed E-state index contributed by atoms with van der Waals surface area (Å²) < 4.78 is 58.1. The molecule has 0 amide bonds. The maximum Gasteiger partial charge on any atom is 0.390 e. The highest BCUT2D eigenvalue weighted by Gasteiger charge is 2.27. The minimum atomic E-state index is -4.30. The Hall–Kier alpha value is -3.23. The van der Waals surface area contributed by atoms with Crippen LogP contribution < -0.4 is 4.74 Å². The van der Waals surface area contributed by atoms with E-state index in [1.807, 2.05) is 0 Å². The van der Waals surface area contributed by atoms with Crippen LogP contribution in [0.25, 0.3) is 11.4 Å². The molecule has 0 radical (unpaired) electrons. The maximum absolute atomic E-state index is 13.7. The average molecular weight is 393 g/mol. The molecule has 0 saturated heterocycles. The summed E-state index contributed by atoms with van der Waals surface area (Å²) in [5, 5.41) is 3.93. The Kier molecular flexibility index (Phi) is 5.72. The van der Waals surface area contributed by atoms with Gasteiger partial charge in [0, 0.05) is 18.0 Å². The Balaban J connectivity index is 1.85. The van der Waals surface area contributed by atoms with E-state index in [0.717, 1.165) is 6.07 Å². The number of ether oxygens (including phenoxy) is 1. The summed E-state index contributed by atoms with van der Waals surface area (Å²) in [6.07, 6.45) is -2.07. The van der Waals surface area contributed by atoms with Gasteiger partial charge in [-0.25, -0.2) is 4.39 Å². The van der Waals surface area contributed by atoms with Crippen molar-refractivity contribution in [2.45, 2.75) is 25.7 Å². The van der Waals surface area contributed by atoms with Gasteiger partial charge < -0.3 is 4.74 Å². The van der Waals surface area contributed by atoms with E-state index < -0.39 is 18.4 Å². The third-order valence-corrected chi connectivity index (χ3v) is 3.97. The van der Waals surface area contributed by atoms with Crippen LogP contribution in [0.5, 0.6) is 5.75 Å². The highest BCUT2D eigenvalue weighted by Crippen LogP contribution is 2.26. The number of hydrogen-bond donors (Lipinski definition) is 0. The molecule has 0 aliphatic rings. The van der Waals surface area contributed by atoms with E-state index in [1.165, 1.54) is 29.2 Å². The number of aldehydes is 1. The number of carbonyl (C=O) groups is 1. The highest BCUT2D eigenvalue weighted by atomic mass is 19.4. The fourth-order valence-corrected chi connectivity index (χ4v) is 2.64. The number of rotatable bonds is 7. The number of aromatic nitrogens is 3. The topological polar surface area (TPSA) is 57.0 Å². The summed E-state index contributed by atoms with van der Waals surface area (Å²) >= 11 is 0. The largest absolute Gasteiger partial charge is 0.488 e. The maximum atomic E-state index is 13.7. The molecular weight excluding hydrogens is 378 g/mol. The minimum Gasteiger partial charge on any atom is -0.488 e. The van der Waals surface area contributed by atoms with Crippen molar-refractivity contribution in [3.63, 3.8) is 0 Å². The van der Waals surface area contributed by atoms with Gasteiger partial charge in [0.25, 0.3) is 0 Å². The number of aryl methyl sites for hydroxylation is 1. The molecule has 2 aromatic heterocycles. The Bertz CT molecular complexity index is 970. The molecule has 5 nitrogen and oxygen atoms in total. The van der Waals surface area contributed by atoms with Crippen LogP contribution in [0.15, 0.2) is 48.8 Å². The smallest absolute Gasteiger partial charge is 0.390 e. The zero-order valence-corrected chi connectivity index (χ0v) is 14.5. The summed E-state index contributed by atoms with van der Waals surface area (Å²) in [6.45, 7) is -0.403. The van der Waals surface area contributed by atoms with E-state index in [-0.39, 0.29) is 24.5 Å². The van der Waals surface area contributed by atoms with Crippen LogP contribution in [-0.2, 0) is 13.2 Å². The van der Waals surface area contributed by atoms with Crippen LogP contribution >= 0.6 is 0 Å². The van der Waals surface area contributed by atoms with Crippen molar-refractivity contribution < 1.29 is 27.1 Å². The fourth-order valence-electron chi connectivity index (χ4n) is 2.64. The Morgan fingerprint density at radius 2 is 1.93 bits per heavy atom. The van der Waals surface area contributed by atoms with Crippen molar-refractivity contribution in [2.75, 3.05) is 0 Å². The van der Waals surface area contributed by atoms with E-state index in [0.29, 0.717) is 23.2 Å². The monoisotopic (exact) mass is 393 g/mol. The predicted octanol–water partition coefficient (Wildman–Crippen LogP) is 4.43. The summed E-state index contributed by atoms with van der Waals surface area (Å²) in [4.78, 5) is 15.3. The quantitative estimate of drug-likeness (QED) is 0.440. The SMILES string of the molecule is O=Cc1c(F)cccc1OCc1cccnc1-c1ccnn1CCC(F)(F)F. The van der Waals surface area contributed by atoms with Crippen molar-refractivity contribution in [2.24, 2.45) is 0 Å². The van der Waals surface area contributed by atoms with Gasteiger partial charge in [-0.2, -0.15) is 18.3 Å². The molecule has 3 aromatic rings. The van der Waals surface area contributed by atoms with Gasteiger partial charge in [-0.05, 0) is 24.3 Å². The van der Waals surface area contributed by atoms with Gasteiger partial charge in [-0.1, -0.05) is 12.1 Å². The van der Waals surface area contributed by atoms with E-state index >= 15 is 0 Å². The minimum absolute atomic E-state index is 0.0576. The zero-order valence-electron chi connectivity index (χ0n) is 14.5. The van der Waals surface area contributed by atoms with Crippen LogP contribution in [0.2, 0.25) is 0 Å². The molecule has 1 aromatic carbocycles. The van der Waals surface area contributed by atoms with Crippen molar-refractivity contribution in [1.29, 1.82) is 0 Å². The van der Waals surface area contributed by atoms with Crippen LogP contribution in [0, 0.1) is 5.82 Å². The standard InChI is InChI=1S/C19H15F4N3O2/c20-15-4-1-5-17(14(15)11-27)28-12-13-3-2-8-24-18(13)16-6-9-25-26(16)10-7-19(21,22)23/h1-6,8-9,11H,7,10,12H2. The van der Waals surface area contributed by atoms with Gasteiger partial charge in [0.1, 0.15) is 18.2 Å². The molecule has 0 atom stereocenters. The first-order chi connectivity index (χ1) is 13.4. The molecule has 9 heteroatoms. The van der Waals surface area contributed by atoms with Gasteiger partial charge in [0.2, 0.25) is 0 Å². The van der Waals surface area contributed by atoms with Gasteiger partial charge in [0.05, 0.1) is 29.9 Å². The highest BCUT2D eigenvalue weighted by molar-refractivity contribution is 5.79. The molecule has 0 spiro atoms. The lowest BCUT2D eigenvalue weighted by Gasteiger charge is -2.13. The van der Waals surface area contributed by atoms with Gasteiger partial charge in [0.15, 0.2) is 6.29 Å². The number of halogens is 4. The summed E-state index contributed by atoms with van der Waals surface area (Å²) in [5.41, 5.74) is 1.14. The van der Waals surface area contributed by atoms with Crippen LogP contribution in [0.3, 0.4) is 0 Å².